The minimum atomic E-state index is 0.596. The zero-order valence-electron chi connectivity index (χ0n) is 9.98. The lowest BCUT2D eigenvalue weighted by Crippen LogP contribution is -2.01. The predicted octanol–water partition coefficient (Wildman–Crippen LogP) is 2.94. The quantitative estimate of drug-likeness (QED) is 0.833. The van der Waals surface area contributed by atoms with Crippen molar-refractivity contribution in [3.63, 3.8) is 0 Å². The van der Waals surface area contributed by atoms with Gasteiger partial charge in [-0.2, -0.15) is 0 Å². The molecule has 5 heteroatoms. The van der Waals surface area contributed by atoms with E-state index in [1.54, 1.807) is 19.5 Å². The van der Waals surface area contributed by atoms with Gasteiger partial charge in [0.15, 0.2) is 0 Å². The van der Waals surface area contributed by atoms with Crippen LogP contribution in [-0.4, -0.2) is 12.1 Å². The Morgan fingerprint density at radius 1 is 1.39 bits per heavy atom. The number of anilines is 2. The number of nitrogens with one attached hydrogen (secondary N) is 1. The Balaban J connectivity index is 2.07. The van der Waals surface area contributed by atoms with Gasteiger partial charge in [0.2, 0.25) is 0 Å². The normalized spacial score (nSPS) is 10.1. The van der Waals surface area contributed by atoms with Crippen LogP contribution in [0.2, 0.25) is 5.02 Å². The standard InChI is InChI=1S/C13H14ClN3O/c1-18-13-3-2-9(6-11(13)15)7-17-12-4-5-16-8-10(12)14/h2-6,8H,7,15H2,1H3,(H,16,17). The van der Waals surface area contributed by atoms with Crippen LogP contribution in [-0.2, 0) is 6.54 Å². The second kappa shape index (κ2) is 5.60. The van der Waals surface area contributed by atoms with Crippen molar-refractivity contribution >= 4 is 23.0 Å². The van der Waals surface area contributed by atoms with Crippen LogP contribution in [0.5, 0.6) is 5.75 Å². The molecule has 0 atom stereocenters. The molecule has 0 fully saturated rings. The average molecular weight is 264 g/mol. The molecule has 0 aliphatic carbocycles. The summed E-state index contributed by atoms with van der Waals surface area (Å²) >= 11 is 6.00. The minimum Gasteiger partial charge on any atom is -0.495 e. The first-order valence-electron chi connectivity index (χ1n) is 5.46. The van der Waals surface area contributed by atoms with Crippen molar-refractivity contribution in [2.45, 2.75) is 6.54 Å². The van der Waals surface area contributed by atoms with E-state index in [0.717, 1.165) is 11.3 Å². The lowest BCUT2D eigenvalue weighted by atomic mass is 10.2. The van der Waals surface area contributed by atoms with Crippen LogP contribution < -0.4 is 15.8 Å². The molecular formula is C13H14ClN3O. The van der Waals surface area contributed by atoms with E-state index in [2.05, 4.69) is 10.3 Å². The summed E-state index contributed by atoms with van der Waals surface area (Å²) in [6.45, 7) is 0.637. The molecular weight excluding hydrogens is 250 g/mol. The molecule has 0 saturated heterocycles. The predicted molar refractivity (Wildman–Crippen MR) is 74.0 cm³/mol. The van der Waals surface area contributed by atoms with Crippen LogP contribution >= 0.6 is 11.6 Å². The van der Waals surface area contributed by atoms with Crippen LogP contribution in [0.3, 0.4) is 0 Å². The summed E-state index contributed by atoms with van der Waals surface area (Å²) in [4.78, 5) is 3.93. The second-order valence-electron chi connectivity index (χ2n) is 3.79. The van der Waals surface area contributed by atoms with Crippen LogP contribution in [0, 0.1) is 0 Å². The van der Waals surface area contributed by atoms with Gasteiger partial charge in [0.1, 0.15) is 5.75 Å². The summed E-state index contributed by atoms with van der Waals surface area (Å²) in [5, 5.41) is 3.82. The van der Waals surface area contributed by atoms with Crippen molar-refractivity contribution in [3.8, 4) is 5.75 Å². The van der Waals surface area contributed by atoms with Crippen LogP contribution in [0.1, 0.15) is 5.56 Å². The molecule has 1 aromatic heterocycles. The fourth-order valence-electron chi connectivity index (χ4n) is 1.61. The third-order valence-corrected chi connectivity index (χ3v) is 2.85. The van der Waals surface area contributed by atoms with E-state index in [-0.39, 0.29) is 0 Å². The summed E-state index contributed by atoms with van der Waals surface area (Å²) in [5.41, 5.74) is 8.37. The van der Waals surface area contributed by atoms with Crippen molar-refractivity contribution in [3.05, 3.63) is 47.2 Å². The molecule has 1 aromatic carbocycles. The minimum absolute atomic E-state index is 0.596. The Bertz CT molecular complexity index is 546. The summed E-state index contributed by atoms with van der Waals surface area (Å²) in [7, 11) is 1.60. The van der Waals surface area contributed by atoms with Crippen LogP contribution in [0.4, 0.5) is 11.4 Å². The molecule has 18 heavy (non-hydrogen) atoms. The van der Waals surface area contributed by atoms with E-state index in [4.69, 9.17) is 22.1 Å². The van der Waals surface area contributed by atoms with E-state index >= 15 is 0 Å². The van der Waals surface area contributed by atoms with Crippen molar-refractivity contribution in [2.75, 3.05) is 18.2 Å². The molecule has 0 bridgehead atoms. The highest BCUT2D eigenvalue weighted by atomic mass is 35.5. The number of rotatable bonds is 4. The molecule has 1 heterocycles. The number of benzene rings is 1. The third kappa shape index (κ3) is 2.84. The largest absolute Gasteiger partial charge is 0.495 e. The fourth-order valence-corrected chi connectivity index (χ4v) is 1.80. The van der Waals surface area contributed by atoms with Gasteiger partial charge in [-0.05, 0) is 23.8 Å². The molecule has 0 radical (unpaired) electrons. The number of hydrogen-bond acceptors (Lipinski definition) is 4. The van der Waals surface area contributed by atoms with E-state index in [1.807, 2.05) is 24.3 Å². The number of pyridine rings is 1. The molecule has 0 unspecified atom stereocenters. The molecule has 0 spiro atoms. The highest BCUT2D eigenvalue weighted by Crippen LogP contribution is 2.24. The monoisotopic (exact) mass is 263 g/mol. The zero-order valence-corrected chi connectivity index (χ0v) is 10.7. The van der Waals surface area contributed by atoms with Crippen LogP contribution in [0.25, 0.3) is 0 Å². The number of aromatic nitrogens is 1. The first kappa shape index (κ1) is 12.5. The van der Waals surface area contributed by atoms with E-state index in [0.29, 0.717) is 23.0 Å². The maximum atomic E-state index is 6.00. The maximum absolute atomic E-state index is 6.00. The lowest BCUT2D eigenvalue weighted by Gasteiger charge is -2.10. The van der Waals surface area contributed by atoms with Crippen molar-refractivity contribution in [1.82, 2.24) is 4.98 Å². The van der Waals surface area contributed by atoms with Gasteiger partial charge in [0, 0.05) is 18.9 Å². The van der Waals surface area contributed by atoms with Gasteiger partial charge >= 0.3 is 0 Å². The number of hydrogen-bond donors (Lipinski definition) is 2. The first-order valence-corrected chi connectivity index (χ1v) is 5.84. The summed E-state index contributed by atoms with van der Waals surface area (Å²) in [6.07, 6.45) is 3.29. The van der Waals surface area contributed by atoms with E-state index in [9.17, 15) is 0 Å². The summed E-state index contributed by atoms with van der Waals surface area (Å²) in [5.74, 6) is 0.681. The number of nitrogens with zero attached hydrogens (tertiary/aromatic N) is 1. The molecule has 0 saturated carbocycles. The van der Waals surface area contributed by atoms with E-state index in [1.165, 1.54) is 0 Å². The third-order valence-electron chi connectivity index (χ3n) is 2.55. The summed E-state index contributed by atoms with van der Waals surface area (Å²) in [6, 6.07) is 7.51. The Labute approximate surface area is 111 Å². The molecule has 94 valence electrons. The van der Waals surface area contributed by atoms with Gasteiger partial charge in [-0.15, -0.1) is 0 Å². The summed E-state index contributed by atoms with van der Waals surface area (Å²) < 4.78 is 5.11. The fraction of sp³-hybridized carbons (Fsp3) is 0.154. The number of halogens is 1. The van der Waals surface area contributed by atoms with Gasteiger partial charge in [0.05, 0.1) is 23.5 Å². The Hall–Kier alpha value is -1.94. The Morgan fingerprint density at radius 3 is 2.89 bits per heavy atom. The highest BCUT2D eigenvalue weighted by molar-refractivity contribution is 6.33. The van der Waals surface area contributed by atoms with Crippen LogP contribution in [0.15, 0.2) is 36.7 Å². The van der Waals surface area contributed by atoms with Crippen molar-refractivity contribution < 1.29 is 4.74 Å². The number of nitrogen functional groups attached to an aromatic ring is 1. The number of methoxy groups -OCH3 is 1. The Kier molecular flexibility index (Phi) is 3.89. The van der Waals surface area contributed by atoms with E-state index < -0.39 is 0 Å². The molecule has 2 rings (SSSR count). The number of nitrogens with two attached hydrogens (primary N) is 1. The molecule has 0 aliphatic rings. The maximum Gasteiger partial charge on any atom is 0.141 e. The molecule has 3 N–H and O–H groups in total. The first-order chi connectivity index (χ1) is 8.70. The van der Waals surface area contributed by atoms with Gasteiger partial charge in [0.25, 0.3) is 0 Å². The SMILES string of the molecule is COc1ccc(CNc2ccncc2Cl)cc1N. The zero-order chi connectivity index (χ0) is 13.0. The van der Waals surface area contributed by atoms with Gasteiger partial charge in [-0.25, -0.2) is 0 Å². The molecule has 4 nitrogen and oxygen atoms in total. The van der Waals surface area contributed by atoms with Crippen molar-refractivity contribution in [2.24, 2.45) is 0 Å². The molecule has 0 amide bonds. The Morgan fingerprint density at radius 2 is 2.22 bits per heavy atom. The van der Waals surface area contributed by atoms with Crippen molar-refractivity contribution in [1.29, 1.82) is 0 Å². The number of ether oxygens (including phenoxy) is 1. The van der Waals surface area contributed by atoms with Gasteiger partial charge in [-0.1, -0.05) is 17.7 Å². The van der Waals surface area contributed by atoms with Gasteiger partial charge < -0.3 is 15.8 Å². The molecule has 2 aromatic rings. The van der Waals surface area contributed by atoms with Gasteiger partial charge in [-0.3, -0.25) is 4.98 Å². The average Bonchev–Trinajstić information content (AvgIpc) is 2.38. The topological polar surface area (TPSA) is 60.2 Å². The smallest absolute Gasteiger partial charge is 0.141 e. The highest BCUT2D eigenvalue weighted by Gasteiger charge is 2.02. The second-order valence-corrected chi connectivity index (χ2v) is 4.19. The molecule has 0 aliphatic heterocycles. The lowest BCUT2D eigenvalue weighted by molar-refractivity contribution is 0.417.